The van der Waals surface area contributed by atoms with Gasteiger partial charge in [-0.15, -0.1) is 0 Å². The van der Waals surface area contributed by atoms with Gasteiger partial charge in [-0.3, -0.25) is 0 Å². The second kappa shape index (κ2) is 5.82. The predicted molar refractivity (Wildman–Crippen MR) is 70.8 cm³/mol. The van der Waals surface area contributed by atoms with Gasteiger partial charge < -0.3 is 15.7 Å². The van der Waals surface area contributed by atoms with Crippen LogP contribution in [-0.4, -0.2) is 40.7 Å². The highest BCUT2D eigenvalue weighted by molar-refractivity contribution is 7.99. The van der Waals surface area contributed by atoms with Crippen LogP contribution in [0.15, 0.2) is 0 Å². The lowest BCUT2D eigenvalue weighted by atomic mass is 10.2. The summed E-state index contributed by atoms with van der Waals surface area (Å²) in [6.45, 7) is 0. The van der Waals surface area contributed by atoms with E-state index in [-0.39, 0.29) is 18.0 Å². The lowest BCUT2D eigenvalue weighted by Crippen LogP contribution is -2.49. The van der Waals surface area contributed by atoms with Crippen molar-refractivity contribution >= 4 is 23.8 Å². The minimum Gasteiger partial charge on any atom is -0.480 e. The third kappa shape index (κ3) is 3.54. The second-order valence-corrected chi connectivity index (χ2v) is 6.28. The van der Waals surface area contributed by atoms with E-state index in [1.165, 1.54) is 0 Å². The Morgan fingerprint density at radius 3 is 2.50 bits per heavy atom. The van der Waals surface area contributed by atoms with Gasteiger partial charge in [0, 0.05) is 11.3 Å². The molecule has 18 heavy (non-hydrogen) atoms. The summed E-state index contributed by atoms with van der Waals surface area (Å²) in [4.78, 5) is 22.8. The number of aliphatic carboxylic acids is 1. The first kappa shape index (κ1) is 13.5. The molecule has 3 N–H and O–H groups in total. The number of thioether (sulfide) groups is 1. The van der Waals surface area contributed by atoms with E-state index in [4.69, 9.17) is 5.11 Å². The summed E-state index contributed by atoms with van der Waals surface area (Å²) in [7, 11) is 0. The largest absolute Gasteiger partial charge is 0.480 e. The molecule has 2 saturated carbocycles. The van der Waals surface area contributed by atoms with Gasteiger partial charge in [0.25, 0.3) is 0 Å². The van der Waals surface area contributed by atoms with Gasteiger partial charge in [0.05, 0.1) is 0 Å². The van der Waals surface area contributed by atoms with Crippen LogP contribution in [0.25, 0.3) is 0 Å². The smallest absolute Gasteiger partial charge is 0.326 e. The number of rotatable bonds is 5. The maximum absolute atomic E-state index is 11.7. The highest BCUT2D eigenvalue weighted by atomic mass is 32.2. The van der Waals surface area contributed by atoms with E-state index in [1.807, 2.05) is 11.8 Å². The van der Waals surface area contributed by atoms with Crippen molar-refractivity contribution in [2.45, 2.75) is 49.4 Å². The van der Waals surface area contributed by atoms with Crippen molar-refractivity contribution in [3.8, 4) is 0 Å². The van der Waals surface area contributed by atoms with Crippen LogP contribution in [0.2, 0.25) is 0 Å². The van der Waals surface area contributed by atoms with Gasteiger partial charge in [-0.05, 0) is 44.3 Å². The number of carbonyl (C=O) groups excluding carboxylic acids is 1. The quantitative estimate of drug-likeness (QED) is 0.707. The third-order valence-corrected chi connectivity index (χ3v) is 4.79. The number of carboxylic acids is 1. The van der Waals surface area contributed by atoms with Crippen molar-refractivity contribution in [3.05, 3.63) is 0 Å². The van der Waals surface area contributed by atoms with Crippen LogP contribution in [-0.2, 0) is 4.79 Å². The number of hydrogen-bond donors (Lipinski definition) is 3. The van der Waals surface area contributed by atoms with Gasteiger partial charge in [0.15, 0.2) is 0 Å². The Morgan fingerprint density at radius 2 is 2.00 bits per heavy atom. The zero-order valence-corrected chi connectivity index (χ0v) is 11.3. The molecule has 3 atom stereocenters. The summed E-state index contributed by atoms with van der Waals surface area (Å²) in [5, 5.41) is 15.1. The van der Waals surface area contributed by atoms with E-state index in [9.17, 15) is 9.59 Å². The minimum atomic E-state index is -0.930. The van der Waals surface area contributed by atoms with Crippen molar-refractivity contribution in [1.29, 1.82) is 0 Å². The van der Waals surface area contributed by atoms with E-state index in [0.717, 1.165) is 32.1 Å². The van der Waals surface area contributed by atoms with E-state index >= 15 is 0 Å². The molecule has 2 amide bonds. The molecule has 5 nitrogen and oxygen atoms in total. The SMILES string of the molecule is CSC1CCC(NC(=O)NC(C(=O)O)C2CC2)C1. The molecule has 0 bridgehead atoms. The second-order valence-electron chi connectivity index (χ2n) is 5.14. The number of carbonyl (C=O) groups is 2. The van der Waals surface area contributed by atoms with E-state index in [1.54, 1.807) is 0 Å². The minimum absolute atomic E-state index is 0.121. The van der Waals surface area contributed by atoms with Gasteiger partial charge in [0.2, 0.25) is 0 Å². The van der Waals surface area contributed by atoms with Crippen molar-refractivity contribution in [2.24, 2.45) is 5.92 Å². The van der Waals surface area contributed by atoms with Crippen LogP contribution in [0, 0.1) is 5.92 Å². The number of urea groups is 1. The summed E-state index contributed by atoms with van der Waals surface area (Å²) in [6.07, 6.45) is 6.97. The molecule has 102 valence electrons. The number of hydrogen-bond acceptors (Lipinski definition) is 3. The standard InChI is InChI=1S/C12H20N2O3S/c1-18-9-5-4-8(6-9)13-12(17)14-10(11(15)16)7-2-3-7/h7-10H,2-6H2,1H3,(H,15,16)(H2,13,14,17). The molecule has 0 aromatic heterocycles. The maximum atomic E-state index is 11.7. The fourth-order valence-electron chi connectivity index (χ4n) is 2.46. The maximum Gasteiger partial charge on any atom is 0.326 e. The molecule has 0 heterocycles. The average molecular weight is 272 g/mol. The van der Waals surface area contributed by atoms with Crippen molar-refractivity contribution in [3.63, 3.8) is 0 Å². The van der Waals surface area contributed by atoms with Gasteiger partial charge in [-0.2, -0.15) is 11.8 Å². The highest BCUT2D eigenvalue weighted by Gasteiger charge is 2.37. The zero-order valence-electron chi connectivity index (χ0n) is 10.5. The van der Waals surface area contributed by atoms with Gasteiger partial charge in [-0.25, -0.2) is 9.59 Å². The molecule has 0 aliphatic heterocycles. The van der Waals surface area contributed by atoms with Gasteiger partial charge >= 0.3 is 12.0 Å². The Hall–Kier alpha value is -0.910. The number of nitrogens with one attached hydrogen (secondary N) is 2. The first-order valence-corrected chi connectivity index (χ1v) is 7.71. The first-order chi connectivity index (χ1) is 8.60. The Kier molecular flexibility index (Phi) is 4.37. The van der Waals surface area contributed by atoms with Crippen LogP contribution in [0.3, 0.4) is 0 Å². The molecule has 0 aromatic carbocycles. The molecular weight excluding hydrogens is 252 g/mol. The molecule has 0 saturated heterocycles. The molecule has 0 spiro atoms. The molecule has 2 fully saturated rings. The number of amides is 2. The molecule has 2 aliphatic rings. The van der Waals surface area contributed by atoms with E-state index in [0.29, 0.717) is 5.25 Å². The molecule has 6 heteroatoms. The Balaban J connectivity index is 1.76. The third-order valence-electron chi connectivity index (χ3n) is 3.70. The highest BCUT2D eigenvalue weighted by Crippen LogP contribution is 2.33. The van der Waals surface area contributed by atoms with Crippen LogP contribution >= 0.6 is 11.8 Å². The summed E-state index contributed by atoms with van der Waals surface area (Å²) < 4.78 is 0. The fraction of sp³-hybridized carbons (Fsp3) is 0.833. The number of carboxylic acid groups (broad SMARTS) is 1. The molecule has 2 aliphatic carbocycles. The average Bonchev–Trinajstić information content (AvgIpc) is 3.06. The van der Waals surface area contributed by atoms with Crippen LogP contribution < -0.4 is 10.6 Å². The van der Waals surface area contributed by atoms with Crippen LogP contribution in [0.1, 0.15) is 32.1 Å². The lowest BCUT2D eigenvalue weighted by Gasteiger charge is -2.17. The Labute approximate surface area is 111 Å². The summed E-state index contributed by atoms with van der Waals surface area (Å²) in [5.41, 5.74) is 0. The van der Waals surface area contributed by atoms with Crippen molar-refractivity contribution < 1.29 is 14.7 Å². The topological polar surface area (TPSA) is 78.4 Å². The lowest BCUT2D eigenvalue weighted by molar-refractivity contribution is -0.139. The summed E-state index contributed by atoms with van der Waals surface area (Å²) >= 11 is 1.83. The van der Waals surface area contributed by atoms with E-state index in [2.05, 4.69) is 16.9 Å². The monoisotopic (exact) mass is 272 g/mol. The van der Waals surface area contributed by atoms with Crippen LogP contribution in [0.4, 0.5) is 4.79 Å². The molecular formula is C12H20N2O3S. The molecule has 0 aromatic rings. The summed E-state index contributed by atoms with van der Waals surface area (Å²) in [5.74, 6) is -0.808. The molecule has 3 unspecified atom stereocenters. The Morgan fingerprint density at radius 1 is 1.28 bits per heavy atom. The van der Waals surface area contributed by atoms with Crippen molar-refractivity contribution in [1.82, 2.24) is 10.6 Å². The normalized spacial score (nSPS) is 28.7. The fourth-order valence-corrected chi connectivity index (χ4v) is 3.26. The van der Waals surface area contributed by atoms with E-state index < -0.39 is 12.0 Å². The Bertz CT molecular complexity index is 333. The zero-order chi connectivity index (χ0) is 13.1. The van der Waals surface area contributed by atoms with Crippen molar-refractivity contribution in [2.75, 3.05) is 6.26 Å². The molecule has 2 rings (SSSR count). The first-order valence-electron chi connectivity index (χ1n) is 6.42. The van der Waals surface area contributed by atoms with Gasteiger partial charge in [0.1, 0.15) is 6.04 Å². The predicted octanol–water partition coefficient (Wildman–Crippen LogP) is 1.43. The van der Waals surface area contributed by atoms with Gasteiger partial charge in [-0.1, -0.05) is 0 Å². The van der Waals surface area contributed by atoms with Crippen LogP contribution in [0.5, 0.6) is 0 Å². The molecule has 0 radical (unpaired) electrons. The summed E-state index contributed by atoms with van der Waals surface area (Å²) in [6, 6.07) is -0.861.